The Morgan fingerprint density at radius 2 is 2.00 bits per heavy atom. The molecule has 0 spiro atoms. The van der Waals surface area contributed by atoms with E-state index in [1.807, 2.05) is 30.6 Å². The van der Waals surface area contributed by atoms with E-state index in [0.717, 1.165) is 48.6 Å². The molecule has 0 amide bonds. The second kappa shape index (κ2) is 9.67. The van der Waals surface area contributed by atoms with Gasteiger partial charge in [0.05, 0.1) is 11.4 Å². The van der Waals surface area contributed by atoms with Crippen molar-refractivity contribution in [1.82, 2.24) is 19.9 Å². The summed E-state index contributed by atoms with van der Waals surface area (Å²) >= 11 is 0. The van der Waals surface area contributed by atoms with Crippen LogP contribution < -0.4 is 10.1 Å². The first-order chi connectivity index (χ1) is 14.7. The Kier molecular flexibility index (Phi) is 6.54. The molecule has 3 aromatic heterocycles. The van der Waals surface area contributed by atoms with Gasteiger partial charge in [0.25, 0.3) is 0 Å². The molecule has 3 aromatic rings. The molecular formula is C24H29N5O. The molecule has 30 heavy (non-hydrogen) atoms. The van der Waals surface area contributed by atoms with Crippen LogP contribution in [0.4, 0.5) is 5.69 Å². The van der Waals surface area contributed by atoms with E-state index in [4.69, 9.17) is 9.72 Å². The van der Waals surface area contributed by atoms with Gasteiger partial charge in [-0.05, 0) is 69.1 Å². The van der Waals surface area contributed by atoms with Crippen molar-refractivity contribution in [2.45, 2.75) is 32.3 Å². The average molecular weight is 404 g/mol. The highest BCUT2D eigenvalue weighted by molar-refractivity contribution is 5.71. The third-order valence-corrected chi connectivity index (χ3v) is 5.31. The lowest BCUT2D eigenvalue weighted by Gasteiger charge is -2.20. The van der Waals surface area contributed by atoms with Gasteiger partial charge < -0.3 is 15.0 Å². The van der Waals surface area contributed by atoms with E-state index in [1.165, 1.54) is 24.0 Å². The maximum absolute atomic E-state index is 6.03. The Labute approximate surface area is 178 Å². The Bertz CT molecular complexity index is 975. The minimum atomic E-state index is 0.413. The van der Waals surface area contributed by atoms with Crippen LogP contribution in [0.1, 0.15) is 29.8 Å². The zero-order valence-corrected chi connectivity index (χ0v) is 17.8. The summed E-state index contributed by atoms with van der Waals surface area (Å²) in [5, 5.41) is 3.47. The fourth-order valence-corrected chi connectivity index (χ4v) is 3.75. The van der Waals surface area contributed by atoms with Crippen molar-refractivity contribution in [3.63, 3.8) is 0 Å². The minimum Gasteiger partial charge on any atom is -0.471 e. The number of rotatable bonds is 8. The number of fused-ring (bicyclic) bond motifs is 1. The smallest absolute Gasteiger partial charge is 0.214 e. The van der Waals surface area contributed by atoms with Gasteiger partial charge in [0.2, 0.25) is 5.88 Å². The second-order valence-corrected chi connectivity index (χ2v) is 7.94. The summed E-state index contributed by atoms with van der Waals surface area (Å²) in [6.45, 7) is 2.27. The standard InChI is InChI=1S/C24H29N5O/c1-29(2)12-11-27-20-13-18(15-25-16-20)22-14-24(28-23-9-4-3-8-21(22)23)30-17-19-7-5-6-10-26-19/h5-7,10,13-16,27H,3-4,8-9,11-12,17H2,1-2H3. The maximum atomic E-state index is 6.03. The predicted octanol–water partition coefficient (Wildman–Crippen LogP) is 3.97. The topological polar surface area (TPSA) is 63.2 Å². The molecule has 0 aromatic carbocycles. The zero-order valence-electron chi connectivity index (χ0n) is 17.8. The number of likely N-dealkylation sites (N-methyl/N-ethyl adjacent to an activating group) is 1. The lowest BCUT2D eigenvalue weighted by Crippen LogP contribution is -2.20. The molecule has 0 unspecified atom stereocenters. The van der Waals surface area contributed by atoms with Gasteiger partial charge in [0, 0.05) is 49.0 Å². The van der Waals surface area contributed by atoms with Crippen molar-refractivity contribution in [3.8, 4) is 17.0 Å². The Morgan fingerprint density at radius 1 is 1.10 bits per heavy atom. The lowest BCUT2D eigenvalue weighted by molar-refractivity contribution is 0.288. The second-order valence-electron chi connectivity index (χ2n) is 7.94. The summed E-state index contributed by atoms with van der Waals surface area (Å²) in [6.07, 6.45) is 10.0. The molecule has 0 bridgehead atoms. The molecule has 0 saturated carbocycles. The van der Waals surface area contributed by atoms with Crippen LogP contribution in [0.3, 0.4) is 0 Å². The van der Waals surface area contributed by atoms with Gasteiger partial charge in [-0.3, -0.25) is 9.97 Å². The van der Waals surface area contributed by atoms with E-state index in [9.17, 15) is 0 Å². The van der Waals surface area contributed by atoms with Gasteiger partial charge in [-0.2, -0.15) is 0 Å². The van der Waals surface area contributed by atoms with Crippen LogP contribution >= 0.6 is 0 Å². The molecule has 156 valence electrons. The Balaban J connectivity index is 1.60. The minimum absolute atomic E-state index is 0.413. The molecule has 1 N–H and O–H groups in total. The number of pyridine rings is 3. The van der Waals surface area contributed by atoms with E-state index >= 15 is 0 Å². The molecule has 4 rings (SSSR count). The summed E-state index contributed by atoms with van der Waals surface area (Å²) in [5.74, 6) is 0.655. The van der Waals surface area contributed by atoms with Crippen molar-refractivity contribution in [3.05, 3.63) is 65.9 Å². The van der Waals surface area contributed by atoms with E-state index < -0.39 is 0 Å². The van der Waals surface area contributed by atoms with Gasteiger partial charge in [-0.15, -0.1) is 0 Å². The third kappa shape index (κ3) is 5.13. The quantitative estimate of drug-likeness (QED) is 0.614. The van der Waals surface area contributed by atoms with Gasteiger partial charge in [-0.25, -0.2) is 4.98 Å². The fraction of sp³-hybridized carbons (Fsp3) is 0.375. The van der Waals surface area contributed by atoms with Gasteiger partial charge in [0.1, 0.15) is 6.61 Å². The number of hydrogen-bond donors (Lipinski definition) is 1. The lowest BCUT2D eigenvalue weighted by atomic mass is 9.89. The highest BCUT2D eigenvalue weighted by Crippen LogP contribution is 2.34. The summed E-state index contributed by atoms with van der Waals surface area (Å²) in [5.41, 5.74) is 6.70. The van der Waals surface area contributed by atoms with Crippen LogP contribution in [0, 0.1) is 0 Å². The summed E-state index contributed by atoms with van der Waals surface area (Å²) < 4.78 is 6.03. The highest BCUT2D eigenvalue weighted by Gasteiger charge is 2.18. The van der Waals surface area contributed by atoms with Crippen molar-refractivity contribution in [2.24, 2.45) is 0 Å². The van der Waals surface area contributed by atoms with Crippen molar-refractivity contribution >= 4 is 5.69 Å². The van der Waals surface area contributed by atoms with Crippen LogP contribution in [-0.4, -0.2) is 47.0 Å². The Morgan fingerprint density at radius 3 is 2.83 bits per heavy atom. The predicted molar refractivity (Wildman–Crippen MR) is 120 cm³/mol. The SMILES string of the molecule is CN(C)CCNc1cncc(-c2cc(OCc3ccccn3)nc3c2CCCC3)c1. The van der Waals surface area contributed by atoms with Crippen molar-refractivity contribution in [1.29, 1.82) is 0 Å². The normalized spacial score (nSPS) is 13.2. The molecule has 0 aliphatic heterocycles. The van der Waals surface area contributed by atoms with E-state index in [0.29, 0.717) is 12.5 Å². The van der Waals surface area contributed by atoms with Crippen LogP contribution in [0.5, 0.6) is 5.88 Å². The molecule has 6 heteroatoms. The van der Waals surface area contributed by atoms with Gasteiger partial charge >= 0.3 is 0 Å². The first kappa shape index (κ1) is 20.3. The summed E-state index contributed by atoms with van der Waals surface area (Å²) in [6, 6.07) is 10.1. The number of aryl methyl sites for hydroxylation is 1. The van der Waals surface area contributed by atoms with E-state index in [-0.39, 0.29) is 0 Å². The van der Waals surface area contributed by atoms with Crippen LogP contribution in [0.25, 0.3) is 11.1 Å². The number of nitrogens with one attached hydrogen (secondary N) is 1. The highest BCUT2D eigenvalue weighted by atomic mass is 16.5. The fourth-order valence-electron chi connectivity index (χ4n) is 3.75. The van der Waals surface area contributed by atoms with E-state index in [2.05, 4.69) is 46.4 Å². The molecule has 0 atom stereocenters. The number of aromatic nitrogens is 3. The van der Waals surface area contributed by atoms with Gasteiger partial charge in [-0.1, -0.05) is 6.07 Å². The zero-order chi connectivity index (χ0) is 20.8. The molecule has 0 saturated heterocycles. The number of ether oxygens (including phenoxy) is 1. The molecular weight excluding hydrogens is 374 g/mol. The molecule has 0 radical (unpaired) electrons. The van der Waals surface area contributed by atoms with Crippen molar-refractivity contribution < 1.29 is 4.74 Å². The average Bonchev–Trinajstić information content (AvgIpc) is 2.78. The molecule has 6 nitrogen and oxygen atoms in total. The molecule has 3 heterocycles. The summed E-state index contributed by atoms with van der Waals surface area (Å²) in [4.78, 5) is 15.8. The number of anilines is 1. The molecule has 0 fully saturated rings. The van der Waals surface area contributed by atoms with Crippen LogP contribution in [0.2, 0.25) is 0 Å². The third-order valence-electron chi connectivity index (χ3n) is 5.31. The first-order valence-corrected chi connectivity index (χ1v) is 10.6. The molecule has 1 aliphatic rings. The first-order valence-electron chi connectivity index (χ1n) is 10.6. The van der Waals surface area contributed by atoms with Crippen LogP contribution in [0.15, 0.2) is 48.9 Å². The van der Waals surface area contributed by atoms with Crippen LogP contribution in [-0.2, 0) is 19.4 Å². The number of hydrogen-bond acceptors (Lipinski definition) is 6. The van der Waals surface area contributed by atoms with Gasteiger partial charge in [0.15, 0.2) is 0 Å². The van der Waals surface area contributed by atoms with E-state index in [1.54, 1.807) is 6.20 Å². The summed E-state index contributed by atoms with van der Waals surface area (Å²) in [7, 11) is 4.15. The number of nitrogens with zero attached hydrogens (tertiary/aromatic N) is 4. The van der Waals surface area contributed by atoms with Crippen molar-refractivity contribution in [2.75, 3.05) is 32.5 Å². The Hall–Kier alpha value is -2.99. The monoisotopic (exact) mass is 403 g/mol. The maximum Gasteiger partial charge on any atom is 0.214 e. The molecule has 1 aliphatic carbocycles. The largest absolute Gasteiger partial charge is 0.471 e.